The molecule has 1 atom stereocenters. The minimum atomic E-state index is -0.891. The van der Waals surface area contributed by atoms with Crippen molar-refractivity contribution >= 4 is 28.5 Å². The number of hydrogen-bond donors (Lipinski definition) is 2. The van der Waals surface area contributed by atoms with Crippen molar-refractivity contribution in [1.82, 2.24) is 0 Å². The minimum absolute atomic E-state index is 0.492. The molecule has 0 fully saturated rings. The quantitative estimate of drug-likeness (QED) is 0.353. The molecule has 0 bridgehead atoms. The number of nitrogens with two attached hydrogens (primary N) is 2. The second kappa shape index (κ2) is 1.95. The molecule has 0 aliphatic heterocycles. The van der Waals surface area contributed by atoms with Crippen LogP contribution < -0.4 is 11.5 Å². The molecule has 4 heteroatoms. The van der Waals surface area contributed by atoms with E-state index in [-0.39, 0.29) is 0 Å². The van der Waals surface area contributed by atoms with Crippen molar-refractivity contribution in [3.63, 3.8) is 0 Å². The van der Waals surface area contributed by atoms with E-state index in [0.29, 0.717) is 0 Å². The summed E-state index contributed by atoms with van der Waals surface area (Å²) in [6.45, 7) is 1.55. The lowest BCUT2D eigenvalue weighted by atomic mass is 10.4. The molecule has 0 aromatic rings. The van der Waals surface area contributed by atoms with Gasteiger partial charge in [-0.1, -0.05) is 22.6 Å². The van der Waals surface area contributed by atoms with E-state index in [0.717, 1.165) is 0 Å². The topological polar surface area (TPSA) is 69.1 Å². The summed E-state index contributed by atoms with van der Waals surface area (Å²) < 4.78 is -0.891. The van der Waals surface area contributed by atoms with Crippen molar-refractivity contribution in [2.75, 3.05) is 0 Å². The van der Waals surface area contributed by atoms with Crippen molar-refractivity contribution in [3.05, 3.63) is 0 Å². The molecule has 0 aromatic heterocycles. The van der Waals surface area contributed by atoms with E-state index < -0.39 is 9.45 Å². The Kier molecular flexibility index (Phi) is 2.00. The normalized spacial score (nSPS) is 18.1. The second-order valence-corrected chi connectivity index (χ2v) is 3.68. The van der Waals surface area contributed by atoms with Gasteiger partial charge in [0.1, 0.15) is 3.55 Å². The van der Waals surface area contributed by atoms with E-state index in [4.69, 9.17) is 11.5 Å². The molecule has 4 N–H and O–H groups in total. The van der Waals surface area contributed by atoms with E-state index in [2.05, 4.69) is 0 Å². The monoisotopic (exact) mass is 214 g/mol. The predicted molar refractivity (Wildman–Crippen MR) is 35.8 cm³/mol. The number of primary amides is 1. The molecule has 0 radical (unpaired) electrons. The molecular weight excluding hydrogens is 207 g/mol. The molecule has 0 heterocycles. The van der Waals surface area contributed by atoms with Gasteiger partial charge in [-0.25, -0.2) is 0 Å². The predicted octanol–water partition coefficient (Wildman–Crippen LogP) is -0.418. The van der Waals surface area contributed by atoms with Crippen LogP contribution >= 0.6 is 22.6 Å². The fraction of sp³-hybridized carbons (Fsp3) is 0.667. The highest BCUT2D eigenvalue weighted by molar-refractivity contribution is 14.1. The maximum absolute atomic E-state index is 10.1. The Hall–Kier alpha value is 0.160. The Bertz CT molecular complexity index is 85.4. The zero-order valence-electron chi connectivity index (χ0n) is 3.94. The fourth-order valence-corrected chi connectivity index (χ4v) is 0. The summed E-state index contributed by atoms with van der Waals surface area (Å²) in [5.74, 6) is -0.492. The molecular formula is C3H7IN2O. The van der Waals surface area contributed by atoms with Crippen LogP contribution in [-0.4, -0.2) is 9.45 Å². The second-order valence-electron chi connectivity index (χ2n) is 1.44. The summed E-state index contributed by atoms with van der Waals surface area (Å²) in [4.78, 5) is 10.1. The summed E-state index contributed by atoms with van der Waals surface area (Å²) >= 11 is 1.77. The molecule has 3 nitrogen and oxygen atoms in total. The molecule has 0 aliphatic carbocycles. The molecule has 0 saturated carbocycles. The number of carbonyl (C=O) groups excluding carboxylic acids is 1. The van der Waals surface area contributed by atoms with Crippen LogP contribution in [-0.2, 0) is 4.79 Å². The van der Waals surface area contributed by atoms with Gasteiger partial charge in [0.2, 0.25) is 5.91 Å². The Labute approximate surface area is 55.6 Å². The van der Waals surface area contributed by atoms with Crippen LogP contribution in [0.2, 0.25) is 0 Å². The Morgan fingerprint density at radius 2 is 2.00 bits per heavy atom. The van der Waals surface area contributed by atoms with Crippen LogP contribution in [0.1, 0.15) is 6.92 Å². The molecule has 0 saturated heterocycles. The lowest BCUT2D eigenvalue weighted by Crippen LogP contribution is -2.43. The first-order chi connectivity index (χ1) is 2.94. The van der Waals surface area contributed by atoms with Gasteiger partial charge in [0, 0.05) is 0 Å². The largest absolute Gasteiger partial charge is 0.367 e. The minimum Gasteiger partial charge on any atom is -0.367 e. The van der Waals surface area contributed by atoms with Crippen LogP contribution in [0.3, 0.4) is 0 Å². The lowest BCUT2D eigenvalue weighted by molar-refractivity contribution is -0.119. The number of amides is 1. The standard InChI is InChI=1S/C3H7IN2O/c1-3(4,6)2(5)7/h6H2,1H3,(H2,5,7)/t3-/m0/s1. The van der Waals surface area contributed by atoms with Gasteiger partial charge in [-0.3, -0.25) is 4.79 Å². The Morgan fingerprint density at radius 3 is 2.00 bits per heavy atom. The first kappa shape index (κ1) is 7.16. The van der Waals surface area contributed by atoms with Crippen LogP contribution in [0.15, 0.2) is 0 Å². The first-order valence-electron chi connectivity index (χ1n) is 1.72. The summed E-state index contributed by atoms with van der Waals surface area (Å²) in [6, 6.07) is 0. The molecule has 0 aromatic carbocycles. The van der Waals surface area contributed by atoms with E-state index in [1.165, 1.54) is 0 Å². The third-order valence-corrected chi connectivity index (χ3v) is 1.01. The van der Waals surface area contributed by atoms with Gasteiger partial charge in [-0.2, -0.15) is 0 Å². The van der Waals surface area contributed by atoms with Crippen molar-refractivity contribution in [3.8, 4) is 0 Å². The molecule has 0 unspecified atom stereocenters. The van der Waals surface area contributed by atoms with Crippen LogP contribution in [0.25, 0.3) is 0 Å². The molecule has 1 amide bonds. The molecule has 7 heavy (non-hydrogen) atoms. The molecule has 0 rings (SSSR count). The zero-order chi connectivity index (χ0) is 6.08. The van der Waals surface area contributed by atoms with Gasteiger partial charge in [-0.15, -0.1) is 0 Å². The summed E-state index contributed by atoms with van der Waals surface area (Å²) in [6.07, 6.45) is 0. The Morgan fingerprint density at radius 1 is 1.86 bits per heavy atom. The van der Waals surface area contributed by atoms with E-state index >= 15 is 0 Å². The molecule has 0 aliphatic rings. The fourth-order valence-electron chi connectivity index (χ4n) is 0. The number of halogens is 1. The van der Waals surface area contributed by atoms with Crippen molar-refractivity contribution in [2.45, 2.75) is 10.5 Å². The molecule has 42 valence electrons. The van der Waals surface area contributed by atoms with Crippen LogP contribution in [0.5, 0.6) is 0 Å². The lowest BCUT2D eigenvalue weighted by Gasteiger charge is -2.08. The summed E-state index contributed by atoms with van der Waals surface area (Å²) in [5.41, 5.74) is 9.99. The van der Waals surface area contributed by atoms with Crippen molar-refractivity contribution in [1.29, 1.82) is 0 Å². The Balaban J connectivity index is 3.79. The van der Waals surface area contributed by atoms with Gasteiger partial charge < -0.3 is 11.5 Å². The maximum Gasteiger partial charge on any atom is 0.247 e. The van der Waals surface area contributed by atoms with Crippen LogP contribution in [0.4, 0.5) is 0 Å². The van der Waals surface area contributed by atoms with Gasteiger partial charge in [0.25, 0.3) is 0 Å². The highest BCUT2D eigenvalue weighted by Crippen LogP contribution is 2.06. The smallest absolute Gasteiger partial charge is 0.247 e. The van der Waals surface area contributed by atoms with Crippen molar-refractivity contribution in [2.24, 2.45) is 11.5 Å². The van der Waals surface area contributed by atoms with E-state index in [9.17, 15) is 4.79 Å². The number of carbonyl (C=O) groups is 1. The highest BCUT2D eigenvalue weighted by atomic mass is 127. The van der Waals surface area contributed by atoms with Gasteiger partial charge in [0.15, 0.2) is 0 Å². The SMILES string of the molecule is C[C@@](N)(I)C(N)=O. The van der Waals surface area contributed by atoms with Crippen LogP contribution in [0, 0.1) is 0 Å². The summed E-state index contributed by atoms with van der Waals surface area (Å²) in [5, 5.41) is 0. The number of alkyl halides is 1. The average Bonchev–Trinajstić information content (AvgIpc) is 1.31. The zero-order valence-corrected chi connectivity index (χ0v) is 6.10. The average molecular weight is 214 g/mol. The summed E-state index contributed by atoms with van der Waals surface area (Å²) in [7, 11) is 0. The van der Waals surface area contributed by atoms with Crippen molar-refractivity contribution < 1.29 is 4.79 Å². The van der Waals surface area contributed by atoms with Gasteiger partial charge >= 0.3 is 0 Å². The third-order valence-electron chi connectivity index (χ3n) is 0.482. The third kappa shape index (κ3) is 2.81. The maximum atomic E-state index is 10.1. The number of rotatable bonds is 1. The highest BCUT2D eigenvalue weighted by Gasteiger charge is 2.19. The van der Waals surface area contributed by atoms with Gasteiger partial charge in [0.05, 0.1) is 0 Å². The van der Waals surface area contributed by atoms with E-state index in [1.807, 2.05) is 0 Å². The first-order valence-corrected chi connectivity index (χ1v) is 2.80. The van der Waals surface area contributed by atoms with Gasteiger partial charge in [-0.05, 0) is 6.92 Å². The number of hydrogen-bond acceptors (Lipinski definition) is 2. The molecule has 0 spiro atoms. The van der Waals surface area contributed by atoms with E-state index in [1.54, 1.807) is 29.5 Å².